The van der Waals surface area contributed by atoms with Gasteiger partial charge in [0, 0.05) is 25.9 Å². The van der Waals surface area contributed by atoms with Crippen molar-refractivity contribution in [3.05, 3.63) is 60.2 Å². The normalized spacial score (nSPS) is 17.2. The van der Waals surface area contributed by atoms with Crippen LogP contribution in [0.5, 0.6) is 5.75 Å². The van der Waals surface area contributed by atoms with Gasteiger partial charge >= 0.3 is 6.09 Å². The first kappa shape index (κ1) is 32.5. The van der Waals surface area contributed by atoms with Crippen molar-refractivity contribution in [1.29, 1.82) is 0 Å². The third-order valence-corrected chi connectivity index (χ3v) is 8.90. The predicted molar refractivity (Wildman–Crippen MR) is 154 cm³/mol. The second-order valence-electron chi connectivity index (χ2n) is 11.2. The number of ketones is 1. The lowest BCUT2D eigenvalue weighted by Gasteiger charge is -2.35. The van der Waals surface area contributed by atoms with E-state index in [0.717, 1.165) is 5.56 Å². The molecule has 0 bridgehead atoms. The molecule has 1 unspecified atom stereocenters. The van der Waals surface area contributed by atoms with Crippen LogP contribution >= 0.6 is 0 Å². The van der Waals surface area contributed by atoms with Gasteiger partial charge in [-0.25, -0.2) is 13.2 Å². The second-order valence-corrected chi connectivity index (χ2v) is 13.2. The maximum Gasteiger partial charge on any atom is 0.407 e. The number of alkyl carbamates (subject to hydrolysis) is 1. The molecule has 0 saturated carbocycles. The van der Waals surface area contributed by atoms with Crippen LogP contribution in [0.25, 0.3) is 0 Å². The Kier molecular flexibility index (Phi) is 11.7. The molecule has 11 heteroatoms. The standard InChI is InChI=1S/C30H42N2O8S/c1-22(33)14-16-30(2,3)21-32(41(36,37)26-12-10-24(38-4)11-13-26)19-28(34)27(18-23-8-6-5-7-9-23)31-29(35)40-25-15-17-39-20-25/h5-13,25,27-28,34H,14-21H2,1-4H3,(H,31,35)/t25?,27-,28+/m0/s1. The van der Waals surface area contributed by atoms with Gasteiger partial charge in [-0.2, -0.15) is 4.31 Å². The summed E-state index contributed by atoms with van der Waals surface area (Å²) in [6.07, 6.45) is -0.745. The number of carbonyl (C=O) groups is 2. The topological polar surface area (TPSA) is 131 Å². The molecule has 1 amide bonds. The van der Waals surface area contributed by atoms with Crippen molar-refractivity contribution in [3.63, 3.8) is 0 Å². The molecule has 3 atom stereocenters. The van der Waals surface area contributed by atoms with Crippen LogP contribution in [-0.2, 0) is 30.7 Å². The van der Waals surface area contributed by atoms with E-state index in [-0.39, 0.29) is 36.3 Å². The lowest BCUT2D eigenvalue weighted by molar-refractivity contribution is -0.117. The molecular weight excluding hydrogens is 548 g/mol. The van der Waals surface area contributed by atoms with Crippen molar-refractivity contribution in [2.45, 2.75) is 69.6 Å². The molecule has 1 heterocycles. The van der Waals surface area contributed by atoms with Crippen LogP contribution in [-0.4, -0.2) is 81.4 Å². The summed E-state index contributed by atoms with van der Waals surface area (Å²) in [5.74, 6) is 0.525. The Hall–Kier alpha value is -2.99. The van der Waals surface area contributed by atoms with E-state index in [1.807, 2.05) is 44.2 Å². The smallest absolute Gasteiger partial charge is 0.407 e. The van der Waals surface area contributed by atoms with Gasteiger partial charge in [0.15, 0.2) is 0 Å². The first-order chi connectivity index (χ1) is 19.4. The van der Waals surface area contributed by atoms with Crippen LogP contribution in [0.2, 0.25) is 0 Å². The lowest BCUT2D eigenvalue weighted by Crippen LogP contribution is -2.52. The molecule has 3 rings (SSSR count). The van der Waals surface area contributed by atoms with E-state index in [0.29, 0.717) is 38.2 Å². The summed E-state index contributed by atoms with van der Waals surface area (Å²) in [5.41, 5.74) is 0.279. The Labute approximate surface area is 243 Å². The number of aliphatic hydroxyl groups excluding tert-OH is 1. The minimum atomic E-state index is -4.07. The average Bonchev–Trinajstić information content (AvgIpc) is 3.44. The number of sulfonamides is 1. The van der Waals surface area contributed by atoms with Gasteiger partial charge < -0.3 is 29.4 Å². The second kappa shape index (κ2) is 14.8. The summed E-state index contributed by atoms with van der Waals surface area (Å²) < 4.78 is 44.9. The van der Waals surface area contributed by atoms with Gasteiger partial charge in [0.2, 0.25) is 10.0 Å². The summed E-state index contributed by atoms with van der Waals surface area (Å²) >= 11 is 0. The summed E-state index contributed by atoms with van der Waals surface area (Å²) in [6, 6.07) is 14.5. The van der Waals surface area contributed by atoms with Gasteiger partial charge in [0.05, 0.1) is 37.4 Å². The highest BCUT2D eigenvalue weighted by Crippen LogP contribution is 2.29. The van der Waals surface area contributed by atoms with Crippen molar-refractivity contribution < 1.29 is 37.3 Å². The van der Waals surface area contributed by atoms with Crippen molar-refractivity contribution in [2.75, 3.05) is 33.4 Å². The van der Waals surface area contributed by atoms with Gasteiger partial charge in [-0.15, -0.1) is 0 Å². The fraction of sp³-hybridized carbons (Fsp3) is 0.533. The zero-order chi connectivity index (χ0) is 30.0. The summed E-state index contributed by atoms with van der Waals surface area (Å²) in [4.78, 5) is 24.5. The number of nitrogens with zero attached hydrogens (tertiary/aromatic N) is 1. The Balaban J connectivity index is 1.88. The van der Waals surface area contributed by atoms with Crippen LogP contribution in [0, 0.1) is 5.41 Å². The molecule has 41 heavy (non-hydrogen) atoms. The van der Waals surface area contributed by atoms with Gasteiger partial charge in [-0.1, -0.05) is 44.2 Å². The molecule has 0 aliphatic carbocycles. The minimum absolute atomic E-state index is 0.0148. The predicted octanol–water partition coefficient (Wildman–Crippen LogP) is 3.57. The largest absolute Gasteiger partial charge is 0.497 e. The van der Waals surface area contributed by atoms with Crippen molar-refractivity contribution >= 4 is 21.9 Å². The number of amides is 1. The third kappa shape index (κ3) is 10.1. The zero-order valence-electron chi connectivity index (χ0n) is 24.2. The Morgan fingerprint density at radius 2 is 1.83 bits per heavy atom. The summed E-state index contributed by atoms with van der Waals surface area (Å²) in [7, 11) is -2.58. The number of hydrogen-bond acceptors (Lipinski definition) is 8. The number of nitrogens with one attached hydrogen (secondary N) is 1. The first-order valence-electron chi connectivity index (χ1n) is 13.8. The molecule has 226 valence electrons. The highest BCUT2D eigenvalue weighted by Gasteiger charge is 2.35. The Bertz CT molecular complexity index is 1230. The number of rotatable bonds is 15. The lowest BCUT2D eigenvalue weighted by atomic mass is 9.87. The van der Waals surface area contributed by atoms with Gasteiger partial charge in [-0.05, 0) is 55.0 Å². The van der Waals surface area contributed by atoms with E-state index in [1.54, 1.807) is 12.1 Å². The quantitative estimate of drug-likeness (QED) is 0.322. The van der Waals surface area contributed by atoms with Crippen LogP contribution in [0.15, 0.2) is 59.5 Å². The molecule has 2 aromatic rings. The molecule has 2 N–H and O–H groups in total. The Morgan fingerprint density at radius 1 is 1.15 bits per heavy atom. The van der Waals surface area contributed by atoms with Crippen LogP contribution in [0.4, 0.5) is 4.79 Å². The van der Waals surface area contributed by atoms with Gasteiger partial charge in [0.25, 0.3) is 0 Å². The fourth-order valence-corrected chi connectivity index (χ4v) is 6.29. The highest BCUT2D eigenvalue weighted by atomic mass is 32.2. The number of carbonyl (C=O) groups excluding carboxylic acids is 2. The first-order valence-corrected chi connectivity index (χ1v) is 15.2. The minimum Gasteiger partial charge on any atom is -0.497 e. The molecule has 1 saturated heterocycles. The van der Waals surface area contributed by atoms with Crippen molar-refractivity contribution in [2.24, 2.45) is 5.41 Å². The van der Waals surface area contributed by atoms with E-state index in [1.165, 1.54) is 30.5 Å². The molecule has 0 spiro atoms. The number of aliphatic hydroxyl groups is 1. The molecule has 10 nitrogen and oxygen atoms in total. The molecule has 0 aromatic heterocycles. The van der Waals surface area contributed by atoms with Crippen LogP contribution in [0.1, 0.15) is 45.6 Å². The summed E-state index contributed by atoms with van der Waals surface area (Å²) in [5, 5.41) is 14.2. The number of benzene rings is 2. The Morgan fingerprint density at radius 3 is 2.41 bits per heavy atom. The monoisotopic (exact) mass is 590 g/mol. The van der Waals surface area contributed by atoms with Gasteiger partial charge in [0.1, 0.15) is 17.6 Å². The molecule has 0 radical (unpaired) electrons. The third-order valence-electron chi connectivity index (χ3n) is 7.07. The SMILES string of the molecule is COc1ccc(S(=O)(=O)N(C[C@@H](O)[C@H](Cc2ccccc2)NC(=O)OC2CCOC2)CC(C)(C)CCC(C)=O)cc1. The fourth-order valence-electron chi connectivity index (χ4n) is 4.65. The highest BCUT2D eigenvalue weighted by molar-refractivity contribution is 7.89. The van der Waals surface area contributed by atoms with E-state index >= 15 is 0 Å². The number of hydrogen-bond donors (Lipinski definition) is 2. The molecular formula is C30H42N2O8S. The molecule has 1 aliphatic rings. The molecule has 1 fully saturated rings. The van der Waals surface area contributed by atoms with Gasteiger partial charge in [-0.3, -0.25) is 0 Å². The number of Topliss-reactive ketones (excluding diaryl/α,β-unsaturated/α-hetero) is 1. The van der Waals surface area contributed by atoms with Crippen LogP contribution < -0.4 is 10.1 Å². The van der Waals surface area contributed by atoms with Crippen molar-refractivity contribution in [1.82, 2.24) is 9.62 Å². The average molecular weight is 591 g/mol. The maximum atomic E-state index is 13.9. The summed E-state index contributed by atoms with van der Waals surface area (Å²) in [6.45, 7) is 5.85. The zero-order valence-corrected chi connectivity index (χ0v) is 25.1. The molecule has 2 aromatic carbocycles. The molecule has 1 aliphatic heterocycles. The van der Waals surface area contributed by atoms with Crippen molar-refractivity contribution in [3.8, 4) is 5.75 Å². The number of methoxy groups -OCH3 is 1. The van der Waals surface area contributed by atoms with E-state index in [2.05, 4.69) is 5.32 Å². The van der Waals surface area contributed by atoms with E-state index in [4.69, 9.17) is 14.2 Å². The maximum absolute atomic E-state index is 13.9. The van der Waals surface area contributed by atoms with E-state index in [9.17, 15) is 23.1 Å². The van der Waals surface area contributed by atoms with E-state index < -0.39 is 33.7 Å². The number of ether oxygens (including phenoxy) is 3. The van der Waals surface area contributed by atoms with Crippen LogP contribution in [0.3, 0.4) is 0 Å².